The van der Waals surface area contributed by atoms with Crippen molar-refractivity contribution >= 4 is 33.4 Å². The maximum Gasteiger partial charge on any atom is 0.289 e. The van der Waals surface area contributed by atoms with Crippen LogP contribution >= 0.6 is 11.8 Å². The summed E-state index contributed by atoms with van der Waals surface area (Å²) < 4.78 is 33.8. The van der Waals surface area contributed by atoms with Crippen LogP contribution < -0.4 is 0 Å². The number of hydrogen-bond donors (Lipinski definition) is 0. The Kier molecular flexibility index (Phi) is 6.14. The lowest BCUT2D eigenvalue weighted by atomic mass is 10.1. The molecule has 12 heteroatoms. The molecule has 1 atom stereocenters. The van der Waals surface area contributed by atoms with E-state index < -0.39 is 9.84 Å². The minimum Gasteiger partial charge on any atom is -0.459 e. The van der Waals surface area contributed by atoms with E-state index >= 15 is 0 Å². The van der Waals surface area contributed by atoms with Crippen LogP contribution in [0.2, 0.25) is 0 Å². The molecule has 2 fully saturated rings. The van der Waals surface area contributed by atoms with Gasteiger partial charge in [-0.2, -0.15) is 0 Å². The van der Waals surface area contributed by atoms with Gasteiger partial charge >= 0.3 is 0 Å². The van der Waals surface area contributed by atoms with Gasteiger partial charge in [0.05, 0.1) is 23.5 Å². The molecule has 2 saturated heterocycles. The molecular weight excluding hydrogens is 432 g/mol. The van der Waals surface area contributed by atoms with Gasteiger partial charge in [-0.25, -0.2) is 8.42 Å². The molecule has 0 aliphatic carbocycles. The average molecular weight is 455 g/mol. The summed E-state index contributed by atoms with van der Waals surface area (Å²) in [6.45, 7) is 1.81. The first-order chi connectivity index (χ1) is 14.4. The number of aromatic nitrogens is 2. The maximum atomic E-state index is 12.5. The summed E-state index contributed by atoms with van der Waals surface area (Å²) in [4.78, 5) is 28.1. The summed E-state index contributed by atoms with van der Waals surface area (Å²) in [5, 5.41) is 8.20. The second-order valence-corrected chi connectivity index (χ2v) is 10.5. The Hall–Kier alpha value is -2.34. The first kappa shape index (κ1) is 20.9. The predicted molar refractivity (Wildman–Crippen MR) is 107 cm³/mol. The number of thioether (sulfide) groups is 1. The van der Waals surface area contributed by atoms with Gasteiger partial charge in [0.15, 0.2) is 15.6 Å². The third-order valence-corrected chi connectivity index (χ3v) is 7.85. The molecule has 0 spiro atoms. The molecule has 2 aliphatic heterocycles. The highest BCUT2D eigenvalue weighted by Crippen LogP contribution is 2.24. The lowest BCUT2D eigenvalue weighted by molar-refractivity contribution is -0.129. The second kappa shape index (κ2) is 8.80. The molecule has 0 bridgehead atoms. The molecule has 2 aromatic rings. The Morgan fingerprint density at radius 1 is 1.17 bits per heavy atom. The van der Waals surface area contributed by atoms with Gasteiger partial charge in [0.1, 0.15) is 0 Å². The lowest BCUT2D eigenvalue weighted by Crippen LogP contribution is -2.51. The number of carbonyl (C=O) groups is 2. The molecule has 30 heavy (non-hydrogen) atoms. The van der Waals surface area contributed by atoms with E-state index in [0.717, 1.165) is 11.8 Å². The molecule has 2 aromatic heterocycles. The van der Waals surface area contributed by atoms with Crippen LogP contribution in [0.3, 0.4) is 0 Å². The van der Waals surface area contributed by atoms with Crippen molar-refractivity contribution < 1.29 is 26.8 Å². The number of nitrogens with zero attached hydrogens (tertiary/aromatic N) is 4. The highest BCUT2D eigenvalue weighted by Gasteiger charge is 2.30. The zero-order chi connectivity index (χ0) is 21.1. The zero-order valence-electron chi connectivity index (χ0n) is 16.2. The third kappa shape index (κ3) is 5.04. The molecule has 1 unspecified atom stereocenters. The number of carbonyl (C=O) groups excluding carboxylic acids is 2. The van der Waals surface area contributed by atoms with E-state index in [0.29, 0.717) is 55.9 Å². The third-order valence-electron chi connectivity index (χ3n) is 5.21. The van der Waals surface area contributed by atoms with E-state index in [1.807, 2.05) is 0 Å². The smallest absolute Gasteiger partial charge is 0.289 e. The fourth-order valence-electron chi connectivity index (χ4n) is 3.59. The van der Waals surface area contributed by atoms with Crippen LogP contribution in [0.4, 0.5) is 0 Å². The van der Waals surface area contributed by atoms with Crippen LogP contribution in [-0.2, 0) is 21.1 Å². The van der Waals surface area contributed by atoms with Gasteiger partial charge < -0.3 is 18.6 Å². The van der Waals surface area contributed by atoms with Gasteiger partial charge in [0, 0.05) is 32.6 Å². The highest BCUT2D eigenvalue weighted by atomic mass is 32.2. The first-order valence-corrected chi connectivity index (χ1v) is 12.5. The number of amides is 2. The SMILES string of the molecule is O=C(CSc1nnc(CC2CCS(=O)(=O)C2)o1)N1CCN(C(=O)c2ccco2)CC1. The van der Waals surface area contributed by atoms with Crippen molar-refractivity contribution in [2.24, 2.45) is 5.92 Å². The van der Waals surface area contributed by atoms with Crippen molar-refractivity contribution in [1.29, 1.82) is 0 Å². The number of sulfone groups is 1. The normalized spacial score (nSPS) is 21.1. The van der Waals surface area contributed by atoms with Gasteiger partial charge in [0.2, 0.25) is 11.8 Å². The molecule has 0 saturated carbocycles. The zero-order valence-corrected chi connectivity index (χ0v) is 17.9. The molecule has 2 aliphatic rings. The van der Waals surface area contributed by atoms with Crippen LogP contribution in [0, 0.1) is 5.92 Å². The fraction of sp³-hybridized carbons (Fsp3) is 0.556. The van der Waals surface area contributed by atoms with E-state index in [-0.39, 0.29) is 35.0 Å². The Morgan fingerprint density at radius 3 is 2.60 bits per heavy atom. The number of hydrogen-bond acceptors (Lipinski definition) is 9. The Labute approximate surface area is 177 Å². The van der Waals surface area contributed by atoms with Gasteiger partial charge in [-0.3, -0.25) is 9.59 Å². The Bertz CT molecular complexity index is 996. The summed E-state index contributed by atoms with van der Waals surface area (Å²) in [7, 11) is -2.94. The van der Waals surface area contributed by atoms with Crippen molar-refractivity contribution in [3.05, 3.63) is 30.0 Å². The first-order valence-electron chi connectivity index (χ1n) is 9.66. The van der Waals surface area contributed by atoms with Gasteiger partial charge in [-0.15, -0.1) is 10.2 Å². The van der Waals surface area contributed by atoms with Gasteiger partial charge in [-0.05, 0) is 24.5 Å². The molecule has 0 radical (unpaired) electrons. The number of rotatable bonds is 6. The summed E-state index contributed by atoms with van der Waals surface area (Å²) in [6.07, 6.45) is 2.51. The molecule has 4 heterocycles. The largest absolute Gasteiger partial charge is 0.459 e. The van der Waals surface area contributed by atoms with E-state index in [9.17, 15) is 18.0 Å². The number of piperazine rings is 1. The van der Waals surface area contributed by atoms with E-state index in [4.69, 9.17) is 8.83 Å². The van der Waals surface area contributed by atoms with Crippen LogP contribution in [0.1, 0.15) is 22.9 Å². The van der Waals surface area contributed by atoms with Crippen LogP contribution in [-0.4, -0.2) is 83.7 Å². The van der Waals surface area contributed by atoms with E-state index in [1.54, 1.807) is 21.9 Å². The molecule has 0 aromatic carbocycles. The van der Waals surface area contributed by atoms with Crippen molar-refractivity contribution in [1.82, 2.24) is 20.0 Å². The molecule has 2 amide bonds. The van der Waals surface area contributed by atoms with Crippen LogP contribution in [0.5, 0.6) is 0 Å². The molecular formula is C18H22N4O6S2. The second-order valence-electron chi connectivity index (χ2n) is 7.37. The van der Waals surface area contributed by atoms with E-state index in [1.165, 1.54) is 6.26 Å². The quantitative estimate of drug-likeness (QED) is 0.580. The molecule has 162 valence electrons. The van der Waals surface area contributed by atoms with Crippen molar-refractivity contribution in [2.75, 3.05) is 43.4 Å². The summed E-state index contributed by atoms with van der Waals surface area (Å²) in [5.41, 5.74) is 0. The molecule has 0 N–H and O–H groups in total. The monoisotopic (exact) mass is 454 g/mol. The standard InChI is InChI=1S/C18H22N4O6S2/c23-16(21-4-6-22(7-5-21)17(24)14-2-1-8-27-14)11-29-18-20-19-15(28-18)10-13-3-9-30(25,26)12-13/h1-2,8,13H,3-7,9-12H2. The van der Waals surface area contributed by atoms with Crippen molar-refractivity contribution in [2.45, 2.75) is 18.1 Å². The topological polar surface area (TPSA) is 127 Å². The highest BCUT2D eigenvalue weighted by molar-refractivity contribution is 7.99. The molecule has 10 nitrogen and oxygen atoms in total. The summed E-state index contributed by atoms with van der Waals surface area (Å²) >= 11 is 1.16. The summed E-state index contributed by atoms with van der Waals surface area (Å²) in [5.74, 6) is 1.00. The van der Waals surface area contributed by atoms with Gasteiger partial charge in [-0.1, -0.05) is 11.8 Å². The Balaban J connectivity index is 1.21. The molecule has 4 rings (SSSR count). The maximum absolute atomic E-state index is 12.5. The minimum atomic E-state index is -2.94. The van der Waals surface area contributed by atoms with E-state index in [2.05, 4.69) is 10.2 Å². The average Bonchev–Trinajstić information content (AvgIpc) is 3.48. The van der Waals surface area contributed by atoms with Crippen molar-refractivity contribution in [3.8, 4) is 0 Å². The van der Waals surface area contributed by atoms with Crippen LogP contribution in [0.25, 0.3) is 0 Å². The Morgan fingerprint density at radius 2 is 1.93 bits per heavy atom. The minimum absolute atomic E-state index is 0.00937. The predicted octanol–water partition coefficient (Wildman–Crippen LogP) is 0.717. The lowest BCUT2D eigenvalue weighted by Gasteiger charge is -2.34. The van der Waals surface area contributed by atoms with Crippen LogP contribution in [0.15, 0.2) is 32.5 Å². The van der Waals surface area contributed by atoms with Crippen molar-refractivity contribution in [3.63, 3.8) is 0 Å². The number of furan rings is 1. The summed E-state index contributed by atoms with van der Waals surface area (Å²) in [6, 6.07) is 3.30. The fourth-order valence-corrected chi connectivity index (χ4v) is 6.13. The van der Waals surface area contributed by atoms with Gasteiger partial charge in [0.25, 0.3) is 11.1 Å².